The maximum Gasteiger partial charge on any atom is 0.176 e. The van der Waals surface area contributed by atoms with Gasteiger partial charge in [-0.15, -0.1) is 11.3 Å². The van der Waals surface area contributed by atoms with E-state index in [1.165, 1.54) is 6.07 Å². The van der Waals surface area contributed by atoms with E-state index in [1.807, 2.05) is 30.3 Å². The molecule has 0 saturated heterocycles. The number of nitrogens with zero attached hydrogens (tertiary/aromatic N) is 4. The summed E-state index contributed by atoms with van der Waals surface area (Å²) >= 11 is 1.12. The van der Waals surface area contributed by atoms with Gasteiger partial charge in [0.25, 0.3) is 0 Å². The molecule has 7 nitrogen and oxygen atoms in total. The molecule has 0 aliphatic carbocycles. The van der Waals surface area contributed by atoms with Crippen molar-refractivity contribution in [2.75, 3.05) is 5.32 Å². The van der Waals surface area contributed by atoms with Crippen molar-refractivity contribution in [2.24, 2.45) is 0 Å². The Morgan fingerprint density at radius 2 is 1.97 bits per heavy atom. The van der Waals surface area contributed by atoms with Gasteiger partial charge in [-0.3, -0.25) is 10.1 Å². The van der Waals surface area contributed by atoms with E-state index < -0.39 is 0 Å². The molecule has 0 saturated carbocycles. The van der Waals surface area contributed by atoms with Crippen molar-refractivity contribution in [3.8, 4) is 33.1 Å². The molecule has 6 heterocycles. The number of halogens is 1. The van der Waals surface area contributed by atoms with E-state index in [-0.39, 0.29) is 5.13 Å². The van der Waals surface area contributed by atoms with Crippen LogP contribution in [0.3, 0.4) is 0 Å². The molecular formula is C25H20FN7S. The number of nitrogens with one attached hydrogen (secondary N) is 3. The van der Waals surface area contributed by atoms with Crippen molar-refractivity contribution in [1.82, 2.24) is 30.1 Å². The molecule has 0 spiro atoms. The largest absolute Gasteiger partial charge is 0.382 e. The quantitative estimate of drug-likeness (QED) is 0.277. The molecule has 34 heavy (non-hydrogen) atoms. The Balaban J connectivity index is 1.45. The Morgan fingerprint density at radius 3 is 2.79 bits per heavy atom. The summed E-state index contributed by atoms with van der Waals surface area (Å²) in [5, 5.41) is 11.7. The monoisotopic (exact) mass is 469 g/mol. The lowest BCUT2D eigenvalue weighted by atomic mass is 10.1. The second-order valence-electron chi connectivity index (χ2n) is 8.33. The summed E-state index contributed by atoms with van der Waals surface area (Å²) in [6.45, 7) is 4.18. The van der Waals surface area contributed by atoms with Crippen LogP contribution in [0.4, 0.5) is 10.1 Å². The number of hydrogen-bond acceptors (Lipinski definition) is 6. The van der Waals surface area contributed by atoms with E-state index in [1.54, 1.807) is 24.7 Å². The first-order valence-corrected chi connectivity index (χ1v) is 11.7. The van der Waals surface area contributed by atoms with Crippen molar-refractivity contribution in [2.45, 2.75) is 19.9 Å². The van der Waals surface area contributed by atoms with Crippen molar-refractivity contribution in [3.05, 3.63) is 66.2 Å². The molecule has 0 fully saturated rings. The second kappa shape index (κ2) is 8.03. The number of H-pyrrole nitrogens is 2. The lowest BCUT2D eigenvalue weighted by Gasteiger charge is -2.10. The van der Waals surface area contributed by atoms with Crippen LogP contribution in [0.5, 0.6) is 0 Å². The number of rotatable bonds is 5. The minimum absolute atomic E-state index is 0.215. The van der Waals surface area contributed by atoms with E-state index in [2.05, 4.69) is 44.3 Å². The van der Waals surface area contributed by atoms with Crippen LogP contribution < -0.4 is 5.32 Å². The van der Waals surface area contributed by atoms with E-state index >= 15 is 0 Å². The topological polar surface area (TPSA) is 95.2 Å². The standard InChI is InChI=1S/C25H20FN7S/c1-13(2)29-15-9-14(11-27-12-15)18-3-4-19-23(30-18)24(33-32-19)20-10-17-16(7-8-28-25(17)31-20)21-5-6-22(26)34-21/h3-13,29H,1-2H3,(H,28,31)(H,32,33). The van der Waals surface area contributed by atoms with Gasteiger partial charge in [-0.1, -0.05) is 0 Å². The Labute approximate surface area is 198 Å². The van der Waals surface area contributed by atoms with Crippen LogP contribution in [0.1, 0.15) is 13.8 Å². The van der Waals surface area contributed by atoms with Crippen LogP contribution in [0.15, 0.2) is 61.1 Å². The normalized spacial score (nSPS) is 11.6. The number of pyridine rings is 3. The van der Waals surface area contributed by atoms with Crippen molar-refractivity contribution in [1.29, 1.82) is 0 Å². The first-order valence-electron chi connectivity index (χ1n) is 10.9. The summed E-state index contributed by atoms with van der Waals surface area (Å²) in [5.74, 6) is 0. The van der Waals surface area contributed by atoms with Gasteiger partial charge in [0.2, 0.25) is 0 Å². The van der Waals surface area contributed by atoms with Crippen LogP contribution in [0, 0.1) is 5.13 Å². The molecule has 0 aliphatic rings. The molecule has 6 rings (SSSR count). The van der Waals surface area contributed by atoms with Gasteiger partial charge < -0.3 is 10.3 Å². The molecule has 0 radical (unpaired) electrons. The molecule has 9 heteroatoms. The van der Waals surface area contributed by atoms with E-state index in [4.69, 9.17) is 4.98 Å². The minimum atomic E-state index is -0.215. The molecule has 6 aromatic heterocycles. The Kier molecular flexibility index (Phi) is 4.84. The second-order valence-corrected chi connectivity index (χ2v) is 9.37. The highest BCUT2D eigenvalue weighted by Gasteiger charge is 2.16. The SMILES string of the molecule is CC(C)Nc1cncc(-c2ccc3[nH]nc(-c4cc5c(-c6ccc(F)s6)ccnc5[nH]4)c3n2)c1. The van der Waals surface area contributed by atoms with Gasteiger partial charge in [-0.05, 0) is 56.3 Å². The van der Waals surface area contributed by atoms with Gasteiger partial charge in [-0.25, -0.2) is 9.97 Å². The van der Waals surface area contributed by atoms with Gasteiger partial charge in [-0.2, -0.15) is 9.49 Å². The lowest BCUT2D eigenvalue weighted by Crippen LogP contribution is -2.09. The highest BCUT2D eigenvalue weighted by atomic mass is 32.1. The molecule has 6 aromatic rings. The van der Waals surface area contributed by atoms with E-state index in [0.717, 1.165) is 60.8 Å². The Morgan fingerprint density at radius 1 is 1.06 bits per heavy atom. The first kappa shape index (κ1) is 20.5. The molecule has 0 atom stereocenters. The van der Waals surface area contributed by atoms with E-state index in [9.17, 15) is 4.39 Å². The van der Waals surface area contributed by atoms with Gasteiger partial charge in [0.15, 0.2) is 5.13 Å². The molecule has 0 aromatic carbocycles. The van der Waals surface area contributed by atoms with Crippen LogP contribution >= 0.6 is 11.3 Å². The average Bonchev–Trinajstić information content (AvgIpc) is 3.55. The number of fused-ring (bicyclic) bond motifs is 2. The van der Waals surface area contributed by atoms with Gasteiger partial charge in [0.1, 0.15) is 16.9 Å². The average molecular weight is 470 g/mol. The summed E-state index contributed by atoms with van der Waals surface area (Å²) in [4.78, 5) is 17.9. The number of hydrogen-bond donors (Lipinski definition) is 3. The smallest absolute Gasteiger partial charge is 0.176 e. The van der Waals surface area contributed by atoms with Crippen LogP contribution in [-0.4, -0.2) is 36.2 Å². The summed E-state index contributed by atoms with van der Waals surface area (Å²) in [5.41, 5.74) is 7.37. The van der Waals surface area contributed by atoms with Crippen LogP contribution in [0.25, 0.3) is 55.2 Å². The fourth-order valence-electron chi connectivity index (χ4n) is 4.07. The molecular weight excluding hydrogens is 449 g/mol. The predicted molar refractivity (Wildman–Crippen MR) is 134 cm³/mol. The van der Waals surface area contributed by atoms with Gasteiger partial charge >= 0.3 is 0 Å². The Bertz CT molecular complexity index is 1650. The zero-order valence-electron chi connectivity index (χ0n) is 18.4. The third-order valence-corrected chi connectivity index (χ3v) is 6.43. The summed E-state index contributed by atoms with van der Waals surface area (Å²) in [7, 11) is 0. The number of anilines is 1. The zero-order chi connectivity index (χ0) is 23.2. The highest BCUT2D eigenvalue weighted by Crippen LogP contribution is 2.35. The number of aromatic nitrogens is 6. The third kappa shape index (κ3) is 3.60. The maximum atomic E-state index is 13.6. The molecule has 0 unspecified atom stereocenters. The lowest BCUT2D eigenvalue weighted by molar-refractivity contribution is 0.657. The van der Waals surface area contributed by atoms with Crippen LogP contribution in [-0.2, 0) is 0 Å². The first-order chi connectivity index (χ1) is 16.5. The molecule has 0 aliphatic heterocycles. The Hall–Kier alpha value is -4.11. The van der Waals surface area contributed by atoms with Gasteiger partial charge in [0, 0.05) is 46.0 Å². The summed E-state index contributed by atoms with van der Waals surface area (Å²) < 4.78 is 13.6. The fraction of sp³-hybridized carbons (Fsp3) is 0.120. The van der Waals surface area contributed by atoms with E-state index in [0.29, 0.717) is 17.4 Å². The van der Waals surface area contributed by atoms with Crippen molar-refractivity contribution >= 4 is 39.1 Å². The molecule has 3 N–H and O–H groups in total. The summed E-state index contributed by atoms with van der Waals surface area (Å²) in [6, 6.07) is 13.4. The highest BCUT2D eigenvalue weighted by molar-refractivity contribution is 7.14. The predicted octanol–water partition coefficient (Wildman–Crippen LogP) is 6.25. The number of aromatic amines is 2. The van der Waals surface area contributed by atoms with Crippen molar-refractivity contribution in [3.63, 3.8) is 0 Å². The fourth-order valence-corrected chi connectivity index (χ4v) is 4.84. The molecule has 0 bridgehead atoms. The maximum absolute atomic E-state index is 13.6. The number of thiophene rings is 1. The molecule has 168 valence electrons. The minimum Gasteiger partial charge on any atom is -0.382 e. The van der Waals surface area contributed by atoms with Gasteiger partial charge in [0.05, 0.1) is 22.6 Å². The third-order valence-electron chi connectivity index (χ3n) is 5.52. The summed E-state index contributed by atoms with van der Waals surface area (Å²) in [6.07, 6.45) is 5.33. The van der Waals surface area contributed by atoms with Crippen molar-refractivity contribution < 1.29 is 4.39 Å². The van der Waals surface area contributed by atoms with Crippen LogP contribution in [0.2, 0.25) is 0 Å². The zero-order valence-corrected chi connectivity index (χ0v) is 19.2. The molecule has 0 amide bonds.